The number of methoxy groups -OCH3 is 1. The molecule has 11 nitrogen and oxygen atoms in total. The van der Waals surface area contributed by atoms with E-state index in [2.05, 4.69) is 20.7 Å². The smallest absolute Gasteiger partial charge is 0.251 e. The molecule has 1 aliphatic carbocycles. The lowest BCUT2D eigenvalue weighted by atomic mass is 10.0. The first-order valence-electron chi connectivity index (χ1n) is 14.2. The number of nitrogens with one attached hydrogen (secondary N) is 1. The summed E-state index contributed by atoms with van der Waals surface area (Å²) in [6.45, 7) is 0.447. The molecule has 2 aliphatic rings. The second kappa shape index (κ2) is 12.5. The van der Waals surface area contributed by atoms with Gasteiger partial charge in [-0.05, 0) is 72.1 Å². The summed E-state index contributed by atoms with van der Waals surface area (Å²) in [7, 11) is 1.58. The summed E-state index contributed by atoms with van der Waals surface area (Å²) in [5, 5.41) is 15.7. The van der Waals surface area contributed by atoms with Crippen LogP contribution in [0, 0.1) is 5.82 Å². The molecule has 222 valence electrons. The first-order valence-corrected chi connectivity index (χ1v) is 14.2. The minimum absolute atomic E-state index is 0.00305. The monoisotopic (exact) mass is 586 g/mol. The summed E-state index contributed by atoms with van der Waals surface area (Å²) in [6, 6.07) is 16.7. The fourth-order valence-electron chi connectivity index (χ4n) is 5.40. The Bertz CT molecular complexity index is 1590. The molecule has 1 aromatic heterocycles. The third-order valence-electron chi connectivity index (χ3n) is 7.54. The van der Waals surface area contributed by atoms with Gasteiger partial charge in [0.1, 0.15) is 37.4 Å². The number of ether oxygens (including phenoxy) is 3. The third kappa shape index (κ3) is 6.27. The van der Waals surface area contributed by atoms with Crippen LogP contribution < -0.4 is 24.4 Å². The molecule has 1 N–H and O–H groups in total. The fraction of sp³-hybridized carbons (Fsp3) is 0.323. The van der Waals surface area contributed by atoms with Crippen molar-refractivity contribution in [2.45, 2.75) is 44.3 Å². The van der Waals surface area contributed by atoms with Crippen molar-refractivity contribution in [3.63, 3.8) is 0 Å². The lowest BCUT2D eigenvalue weighted by Gasteiger charge is -2.33. The van der Waals surface area contributed by atoms with Crippen LogP contribution >= 0.6 is 0 Å². The van der Waals surface area contributed by atoms with E-state index in [9.17, 15) is 14.0 Å². The number of tetrazole rings is 1. The standard InChI is InChI=1S/C31H31FN6O5/c1-41-25-13-8-21(9-14-25)30-34-36-37(35-30)19-28(39)38(24-12-15-26-27(18-24)43-17-16-42-26)29(20-6-10-22(32)11-7-20)31(40)33-23-4-2-3-5-23/h6-15,18,23,29H,2-5,16-17,19H2,1H3,(H,33,40)/t29-/m0/s1. The lowest BCUT2D eigenvalue weighted by molar-refractivity contribution is -0.127. The average Bonchev–Trinajstić information content (AvgIpc) is 3.72. The molecule has 12 heteroatoms. The predicted octanol–water partition coefficient (Wildman–Crippen LogP) is 4.09. The molecule has 1 atom stereocenters. The van der Waals surface area contributed by atoms with Crippen molar-refractivity contribution in [3.8, 4) is 28.6 Å². The van der Waals surface area contributed by atoms with Crippen LogP contribution in [0.4, 0.5) is 10.1 Å². The van der Waals surface area contributed by atoms with Crippen LogP contribution in [-0.2, 0) is 16.1 Å². The summed E-state index contributed by atoms with van der Waals surface area (Å²) < 4.78 is 30.7. The number of halogens is 1. The number of amides is 2. The zero-order chi connectivity index (χ0) is 29.8. The summed E-state index contributed by atoms with van der Waals surface area (Å²) in [4.78, 5) is 30.7. The molecule has 0 spiro atoms. The van der Waals surface area contributed by atoms with Gasteiger partial charge in [-0.1, -0.05) is 25.0 Å². The number of rotatable bonds is 9. The van der Waals surface area contributed by atoms with Crippen LogP contribution in [0.2, 0.25) is 0 Å². The Morgan fingerprint density at radius 1 is 1.02 bits per heavy atom. The highest BCUT2D eigenvalue weighted by Gasteiger charge is 2.35. The Hall–Kier alpha value is -5.00. The highest BCUT2D eigenvalue weighted by Crippen LogP contribution is 2.37. The van der Waals surface area contributed by atoms with Crippen molar-refractivity contribution in [3.05, 3.63) is 78.1 Å². The molecule has 6 rings (SSSR count). The van der Waals surface area contributed by atoms with Gasteiger partial charge < -0.3 is 19.5 Å². The molecule has 3 aromatic carbocycles. The first kappa shape index (κ1) is 28.1. The summed E-state index contributed by atoms with van der Waals surface area (Å²) in [6.07, 6.45) is 3.75. The van der Waals surface area contributed by atoms with Gasteiger partial charge in [0.25, 0.3) is 5.91 Å². The molecular weight excluding hydrogens is 555 g/mol. The van der Waals surface area contributed by atoms with Gasteiger partial charge in [0.2, 0.25) is 11.7 Å². The highest BCUT2D eigenvalue weighted by molar-refractivity contribution is 6.01. The summed E-state index contributed by atoms with van der Waals surface area (Å²) in [5.41, 5.74) is 1.55. The van der Waals surface area contributed by atoms with Crippen LogP contribution in [0.25, 0.3) is 11.4 Å². The minimum Gasteiger partial charge on any atom is -0.497 e. The molecule has 2 amide bonds. The molecule has 4 aromatic rings. The van der Waals surface area contributed by atoms with E-state index in [4.69, 9.17) is 14.2 Å². The maximum absolute atomic E-state index is 14.2. The topological polar surface area (TPSA) is 121 Å². The third-order valence-corrected chi connectivity index (χ3v) is 7.54. The quantitative estimate of drug-likeness (QED) is 0.311. The van der Waals surface area contributed by atoms with Crippen LogP contribution in [0.1, 0.15) is 37.3 Å². The van der Waals surface area contributed by atoms with E-state index >= 15 is 0 Å². The fourth-order valence-corrected chi connectivity index (χ4v) is 5.40. The van der Waals surface area contributed by atoms with Gasteiger partial charge in [-0.3, -0.25) is 14.5 Å². The van der Waals surface area contributed by atoms with E-state index in [1.807, 2.05) is 0 Å². The molecule has 43 heavy (non-hydrogen) atoms. The Labute approximate surface area is 247 Å². The molecule has 0 unspecified atom stereocenters. The van der Waals surface area contributed by atoms with Gasteiger partial charge in [0.15, 0.2) is 11.5 Å². The van der Waals surface area contributed by atoms with E-state index in [1.165, 1.54) is 34.0 Å². The van der Waals surface area contributed by atoms with Gasteiger partial charge in [0.05, 0.1) is 7.11 Å². The van der Waals surface area contributed by atoms with Crippen molar-refractivity contribution >= 4 is 17.5 Å². The maximum Gasteiger partial charge on any atom is 0.251 e. The Morgan fingerprint density at radius 2 is 1.74 bits per heavy atom. The molecule has 0 bridgehead atoms. The number of aromatic nitrogens is 4. The van der Waals surface area contributed by atoms with E-state index in [1.54, 1.807) is 49.6 Å². The number of hydrogen-bond acceptors (Lipinski definition) is 8. The van der Waals surface area contributed by atoms with Gasteiger partial charge in [-0.25, -0.2) is 4.39 Å². The number of benzene rings is 3. The van der Waals surface area contributed by atoms with E-state index in [0.717, 1.165) is 25.7 Å². The number of anilines is 1. The van der Waals surface area contributed by atoms with Crippen molar-refractivity contribution in [1.82, 2.24) is 25.5 Å². The molecule has 0 radical (unpaired) electrons. The zero-order valence-electron chi connectivity index (χ0n) is 23.6. The van der Waals surface area contributed by atoms with E-state index in [-0.39, 0.29) is 18.5 Å². The number of hydrogen-bond donors (Lipinski definition) is 1. The Balaban J connectivity index is 1.36. The number of carbonyl (C=O) groups is 2. The first-order chi connectivity index (χ1) is 21.0. The SMILES string of the molecule is COc1ccc(-c2nnn(CC(=O)N(c3ccc4c(c3)OCCO4)[C@H](C(=O)NC3CCCC3)c3ccc(F)cc3)n2)cc1. The second-order valence-electron chi connectivity index (χ2n) is 10.4. The van der Waals surface area contributed by atoms with Crippen LogP contribution in [0.15, 0.2) is 66.7 Å². The molecular formula is C31H31FN6O5. The van der Waals surface area contributed by atoms with E-state index < -0.39 is 17.8 Å². The highest BCUT2D eigenvalue weighted by atomic mass is 19.1. The average molecular weight is 587 g/mol. The number of carbonyl (C=O) groups excluding carboxylic acids is 2. The van der Waals surface area contributed by atoms with Crippen LogP contribution in [0.5, 0.6) is 17.2 Å². The summed E-state index contributed by atoms with van der Waals surface area (Å²) in [5.74, 6) is 0.709. The minimum atomic E-state index is -1.11. The Morgan fingerprint density at radius 3 is 2.47 bits per heavy atom. The van der Waals surface area contributed by atoms with Crippen LogP contribution in [-0.4, -0.2) is 58.4 Å². The summed E-state index contributed by atoms with van der Waals surface area (Å²) >= 11 is 0. The van der Waals surface area contributed by atoms with Gasteiger partial charge >= 0.3 is 0 Å². The Kier molecular flexibility index (Phi) is 8.16. The normalized spacial score (nSPS) is 15.1. The van der Waals surface area contributed by atoms with Crippen molar-refractivity contribution in [2.75, 3.05) is 25.2 Å². The predicted molar refractivity (Wildman–Crippen MR) is 154 cm³/mol. The zero-order valence-corrected chi connectivity index (χ0v) is 23.6. The van der Waals surface area contributed by atoms with Gasteiger partial charge in [-0.15, -0.1) is 10.2 Å². The van der Waals surface area contributed by atoms with Crippen molar-refractivity contribution in [2.24, 2.45) is 0 Å². The molecule has 1 fully saturated rings. The van der Waals surface area contributed by atoms with Crippen molar-refractivity contribution in [1.29, 1.82) is 0 Å². The van der Waals surface area contributed by atoms with Crippen molar-refractivity contribution < 1.29 is 28.2 Å². The molecule has 2 heterocycles. The molecule has 1 aliphatic heterocycles. The molecule has 1 saturated carbocycles. The largest absolute Gasteiger partial charge is 0.497 e. The van der Waals surface area contributed by atoms with Gasteiger partial charge in [0, 0.05) is 23.4 Å². The second-order valence-corrected chi connectivity index (χ2v) is 10.4. The number of nitrogens with zero attached hydrogens (tertiary/aromatic N) is 5. The van der Waals surface area contributed by atoms with Crippen LogP contribution in [0.3, 0.4) is 0 Å². The van der Waals surface area contributed by atoms with E-state index in [0.29, 0.717) is 53.1 Å². The van der Waals surface area contributed by atoms with Gasteiger partial charge in [-0.2, -0.15) is 4.80 Å². The maximum atomic E-state index is 14.2. The lowest BCUT2D eigenvalue weighted by Crippen LogP contribution is -2.47. The number of fused-ring (bicyclic) bond motifs is 1. The molecule has 0 saturated heterocycles.